The molecule has 0 bridgehead atoms. The summed E-state index contributed by atoms with van der Waals surface area (Å²) in [6.45, 7) is 6.01. The second-order valence-corrected chi connectivity index (χ2v) is 7.44. The number of carbonyl (C=O) groups excluding carboxylic acids is 1. The highest BCUT2D eigenvalue weighted by atomic mass is 19.1. The maximum atomic E-state index is 13.8. The summed E-state index contributed by atoms with van der Waals surface area (Å²) in [5.41, 5.74) is 2.23. The molecule has 1 aromatic carbocycles. The first kappa shape index (κ1) is 23.7. The van der Waals surface area contributed by atoms with E-state index >= 15 is 0 Å². The van der Waals surface area contributed by atoms with Crippen LogP contribution in [0.2, 0.25) is 0 Å². The maximum Gasteiger partial charge on any atom is 0.242 e. The van der Waals surface area contributed by atoms with E-state index < -0.39 is 5.95 Å². The first-order chi connectivity index (χ1) is 17.1. The number of aromatic nitrogens is 4. The minimum Gasteiger partial charge on any atom is -0.378 e. The first-order valence-electron chi connectivity index (χ1n) is 10.9. The summed E-state index contributed by atoms with van der Waals surface area (Å²) in [5.74, 6) is 5.74. The Morgan fingerprint density at radius 2 is 2.20 bits per heavy atom. The van der Waals surface area contributed by atoms with Crippen molar-refractivity contribution < 1.29 is 13.9 Å². The van der Waals surface area contributed by atoms with E-state index in [0.717, 1.165) is 0 Å². The number of fused-ring (bicyclic) bond motifs is 1. The zero-order valence-corrected chi connectivity index (χ0v) is 18.9. The van der Waals surface area contributed by atoms with Gasteiger partial charge in [-0.05, 0) is 43.0 Å². The topological polar surface area (TPSA) is 121 Å². The van der Waals surface area contributed by atoms with Gasteiger partial charge in [0.25, 0.3) is 0 Å². The lowest BCUT2D eigenvalue weighted by Crippen LogP contribution is -2.43. The van der Waals surface area contributed by atoms with Gasteiger partial charge >= 0.3 is 0 Å². The fourth-order valence-electron chi connectivity index (χ4n) is 3.26. The fourth-order valence-corrected chi connectivity index (χ4v) is 3.26. The van der Waals surface area contributed by atoms with Crippen LogP contribution in [0.5, 0.6) is 0 Å². The van der Waals surface area contributed by atoms with Crippen molar-refractivity contribution in [3.63, 3.8) is 0 Å². The van der Waals surface area contributed by atoms with Gasteiger partial charge in [0.2, 0.25) is 17.8 Å². The number of morpholine rings is 1. The van der Waals surface area contributed by atoms with Crippen LogP contribution in [0.3, 0.4) is 0 Å². The van der Waals surface area contributed by atoms with Gasteiger partial charge in [-0.1, -0.05) is 5.92 Å². The van der Waals surface area contributed by atoms with Gasteiger partial charge in [-0.2, -0.15) is 9.49 Å². The molecule has 1 amide bonds. The highest BCUT2D eigenvalue weighted by Crippen LogP contribution is 2.15. The molecule has 35 heavy (non-hydrogen) atoms. The highest BCUT2D eigenvalue weighted by molar-refractivity contribution is 6.09. The number of aromatic amines is 1. The van der Waals surface area contributed by atoms with Crippen molar-refractivity contribution in [1.29, 1.82) is 0 Å². The number of H-pyrrole nitrogens is 1. The Morgan fingerprint density at radius 3 is 3.03 bits per heavy atom. The van der Waals surface area contributed by atoms with Crippen LogP contribution in [0, 0.1) is 17.8 Å². The molecule has 4 rings (SSSR count). The van der Waals surface area contributed by atoms with Gasteiger partial charge in [-0.15, -0.1) is 0 Å². The van der Waals surface area contributed by atoms with Gasteiger partial charge in [-0.3, -0.25) is 19.9 Å². The minimum absolute atomic E-state index is 0.0339. The van der Waals surface area contributed by atoms with Crippen LogP contribution in [0.25, 0.3) is 10.9 Å². The zero-order chi connectivity index (χ0) is 24.5. The lowest BCUT2D eigenvalue weighted by atomic mass is 10.1. The molecule has 1 aliphatic rings. The number of rotatable bonds is 7. The molecule has 10 nitrogen and oxygen atoms in total. The third-order valence-electron chi connectivity index (χ3n) is 5.07. The standard InChI is InChI=1S/C24H23FN8O2/c1-26-8-6-18(4-2-17-3-5-21-20(14-17)23(25)32-31-21)28-15-19-7-9-27-24(30-19)29-16-22(34)33-10-12-35-13-11-33/h3,5-9,14H,1,10-13,15-16H2,(H,31,32)(H,27,29,30)/b8-6-,28-18?. The second kappa shape index (κ2) is 11.6. The van der Waals surface area contributed by atoms with Crippen molar-refractivity contribution >= 4 is 35.2 Å². The minimum atomic E-state index is -0.506. The van der Waals surface area contributed by atoms with E-state index in [4.69, 9.17) is 4.74 Å². The number of hydrogen-bond acceptors (Lipinski definition) is 8. The number of ether oxygens (including phenoxy) is 1. The van der Waals surface area contributed by atoms with Crippen molar-refractivity contribution in [1.82, 2.24) is 25.1 Å². The number of benzene rings is 1. The summed E-state index contributed by atoms with van der Waals surface area (Å²) in [4.78, 5) is 30.8. The van der Waals surface area contributed by atoms with Crippen molar-refractivity contribution in [2.75, 3.05) is 38.2 Å². The predicted molar refractivity (Wildman–Crippen MR) is 131 cm³/mol. The molecular formula is C24H23FN8O2. The molecule has 1 fully saturated rings. The highest BCUT2D eigenvalue weighted by Gasteiger charge is 2.16. The zero-order valence-electron chi connectivity index (χ0n) is 18.9. The van der Waals surface area contributed by atoms with Crippen LogP contribution >= 0.6 is 0 Å². The Bertz CT molecular complexity index is 1330. The number of halogens is 1. The van der Waals surface area contributed by atoms with E-state index in [1.807, 2.05) is 0 Å². The molecule has 0 unspecified atom stereocenters. The van der Waals surface area contributed by atoms with E-state index in [1.54, 1.807) is 41.4 Å². The molecule has 1 saturated heterocycles. The number of allylic oxidation sites excluding steroid dienone is 1. The molecule has 3 aromatic rings. The summed E-state index contributed by atoms with van der Waals surface area (Å²) < 4.78 is 19.0. The van der Waals surface area contributed by atoms with E-state index in [2.05, 4.69) is 54.0 Å². The number of nitrogens with one attached hydrogen (secondary N) is 2. The van der Waals surface area contributed by atoms with Crippen molar-refractivity contribution in [2.45, 2.75) is 6.54 Å². The lowest BCUT2D eigenvalue weighted by Gasteiger charge is -2.26. The van der Waals surface area contributed by atoms with E-state index in [1.165, 1.54) is 6.20 Å². The third-order valence-corrected chi connectivity index (χ3v) is 5.07. The normalized spacial score (nSPS) is 14.1. The lowest BCUT2D eigenvalue weighted by molar-refractivity contribution is -0.133. The largest absolute Gasteiger partial charge is 0.378 e. The molecule has 2 aromatic heterocycles. The van der Waals surface area contributed by atoms with Crippen LogP contribution in [0.1, 0.15) is 11.3 Å². The molecule has 0 aliphatic carbocycles. The molecule has 0 atom stereocenters. The van der Waals surface area contributed by atoms with Gasteiger partial charge in [-0.25, -0.2) is 9.97 Å². The predicted octanol–water partition coefficient (Wildman–Crippen LogP) is 1.97. The van der Waals surface area contributed by atoms with Crippen LogP contribution < -0.4 is 5.32 Å². The first-order valence-corrected chi connectivity index (χ1v) is 10.9. The van der Waals surface area contributed by atoms with Gasteiger partial charge in [0.05, 0.1) is 42.9 Å². The molecule has 1 aliphatic heterocycles. The smallest absolute Gasteiger partial charge is 0.242 e. The van der Waals surface area contributed by atoms with Gasteiger partial charge in [0.1, 0.15) is 5.71 Å². The second-order valence-electron chi connectivity index (χ2n) is 7.44. The molecule has 0 spiro atoms. The van der Waals surface area contributed by atoms with Crippen molar-refractivity contribution in [3.8, 4) is 11.8 Å². The van der Waals surface area contributed by atoms with E-state index in [-0.39, 0.29) is 19.0 Å². The fraction of sp³-hybridized carbons (Fsp3) is 0.250. The maximum absolute atomic E-state index is 13.8. The molecule has 0 saturated carbocycles. The molecule has 0 radical (unpaired) electrons. The Balaban J connectivity index is 1.43. The number of nitrogens with zero attached hydrogens (tertiary/aromatic N) is 6. The Morgan fingerprint density at radius 1 is 1.34 bits per heavy atom. The van der Waals surface area contributed by atoms with E-state index in [9.17, 15) is 9.18 Å². The molecular weight excluding hydrogens is 451 g/mol. The quantitative estimate of drug-likeness (QED) is 0.399. The Labute approximate surface area is 201 Å². The third kappa shape index (κ3) is 6.55. The molecule has 3 heterocycles. The number of aliphatic imine (C=N–C) groups is 2. The Kier molecular flexibility index (Phi) is 7.88. The number of amides is 1. The summed E-state index contributed by atoms with van der Waals surface area (Å²) in [6.07, 6.45) is 4.70. The summed E-state index contributed by atoms with van der Waals surface area (Å²) in [6, 6.07) is 6.79. The van der Waals surface area contributed by atoms with Crippen molar-refractivity contribution in [2.24, 2.45) is 9.98 Å². The van der Waals surface area contributed by atoms with Gasteiger partial charge in [0.15, 0.2) is 0 Å². The van der Waals surface area contributed by atoms with Gasteiger partial charge < -0.3 is 15.0 Å². The van der Waals surface area contributed by atoms with Crippen LogP contribution in [0.15, 0.2) is 52.7 Å². The van der Waals surface area contributed by atoms with E-state index in [0.29, 0.717) is 60.1 Å². The molecule has 2 N–H and O–H groups in total. The van der Waals surface area contributed by atoms with Crippen molar-refractivity contribution in [3.05, 3.63) is 59.9 Å². The molecule has 178 valence electrons. The van der Waals surface area contributed by atoms with Gasteiger partial charge in [0, 0.05) is 31.0 Å². The number of carbonyl (C=O) groups is 1. The Hall–Kier alpha value is -4.43. The summed E-state index contributed by atoms with van der Waals surface area (Å²) in [5, 5.41) is 9.50. The van der Waals surface area contributed by atoms with Crippen LogP contribution in [-0.2, 0) is 16.1 Å². The SMILES string of the molecule is C=N/C=C\C(C#Cc1ccc2n[nH]c(F)c2c1)=NCc1ccnc(NCC(=O)N2CCOCC2)n1. The average Bonchev–Trinajstić information content (AvgIpc) is 3.27. The summed E-state index contributed by atoms with van der Waals surface area (Å²) >= 11 is 0. The number of anilines is 1. The summed E-state index contributed by atoms with van der Waals surface area (Å²) in [7, 11) is 0. The molecule has 11 heteroatoms. The van der Waals surface area contributed by atoms with Crippen LogP contribution in [0.4, 0.5) is 10.3 Å². The van der Waals surface area contributed by atoms with Crippen LogP contribution in [-0.4, -0.2) is 76.2 Å². The monoisotopic (exact) mass is 474 g/mol. The number of hydrogen-bond donors (Lipinski definition) is 2. The average molecular weight is 475 g/mol.